The second-order valence-electron chi connectivity index (χ2n) is 6.21. The van der Waals surface area contributed by atoms with E-state index in [1.807, 2.05) is 0 Å². The number of hydrogen-bond donors (Lipinski definition) is 1. The van der Waals surface area contributed by atoms with Gasteiger partial charge in [0.15, 0.2) is 6.61 Å². The quantitative estimate of drug-likeness (QED) is 0.725. The summed E-state index contributed by atoms with van der Waals surface area (Å²) in [4.78, 5) is 37.8. The number of imide groups is 1. The normalized spacial score (nSPS) is 20.3. The van der Waals surface area contributed by atoms with Crippen molar-refractivity contribution in [3.63, 3.8) is 0 Å². The zero-order chi connectivity index (χ0) is 19.6. The molecule has 0 spiro atoms. The number of carbonyl (C=O) groups excluding carboxylic acids is 3. The lowest BCUT2D eigenvalue weighted by Gasteiger charge is -2.20. The van der Waals surface area contributed by atoms with Gasteiger partial charge in [-0.05, 0) is 24.6 Å². The number of cyclic esters (lactones) is 1. The standard InChI is InChI=1S/C16H18FN3O6S/c17-11-2-1-3-13(8-11)27(24,25)18-6-4-14(21)19-7-5-12(9-19)20-15(22)10-26-16(20)23/h1-3,8,12,18H,4-7,9-10H2. The minimum Gasteiger partial charge on any atom is -0.439 e. The van der Waals surface area contributed by atoms with E-state index >= 15 is 0 Å². The molecule has 0 bridgehead atoms. The van der Waals surface area contributed by atoms with E-state index in [1.165, 1.54) is 17.0 Å². The van der Waals surface area contributed by atoms with Gasteiger partial charge in [-0.2, -0.15) is 0 Å². The molecule has 3 amide bonds. The number of halogens is 1. The van der Waals surface area contributed by atoms with Gasteiger partial charge in [-0.25, -0.2) is 27.2 Å². The van der Waals surface area contributed by atoms with E-state index in [-0.39, 0.29) is 36.9 Å². The highest BCUT2D eigenvalue weighted by molar-refractivity contribution is 7.89. The Hall–Kier alpha value is -2.53. The summed E-state index contributed by atoms with van der Waals surface area (Å²) in [6.07, 6.45) is -0.358. The average Bonchev–Trinajstić information content (AvgIpc) is 3.21. The molecule has 0 aromatic heterocycles. The van der Waals surface area contributed by atoms with Crippen LogP contribution < -0.4 is 4.72 Å². The molecular weight excluding hydrogens is 381 g/mol. The number of carbonyl (C=O) groups is 3. The molecule has 2 saturated heterocycles. The van der Waals surface area contributed by atoms with Gasteiger partial charge < -0.3 is 9.64 Å². The van der Waals surface area contributed by atoms with Gasteiger partial charge in [0, 0.05) is 26.1 Å². The van der Waals surface area contributed by atoms with Crippen molar-refractivity contribution in [2.75, 3.05) is 26.2 Å². The first-order chi connectivity index (χ1) is 12.8. The van der Waals surface area contributed by atoms with Crippen molar-refractivity contribution in [2.24, 2.45) is 0 Å². The summed E-state index contributed by atoms with van der Waals surface area (Å²) in [5.41, 5.74) is 0. The fraction of sp³-hybridized carbons (Fsp3) is 0.438. The second-order valence-corrected chi connectivity index (χ2v) is 7.97. The van der Waals surface area contributed by atoms with Crippen LogP contribution in [0.4, 0.5) is 9.18 Å². The van der Waals surface area contributed by atoms with Crippen molar-refractivity contribution in [3.8, 4) is 0 Å². The Morgan fingerprint density at radius 1 is 1.33 bits per heavy atom. The van der Waals surface area contributed by atoms with Crippen LogP contribution in [0.15, 0.2) is 29.2 Å². The van der Waals surface area contributed by atoms with E-state index in [2.05, 4.69) is 9.46 Å². The SMILES string of the molecule is O=C(CCNS(=O)(=O)c1cccc(F)c1)N1CCC(N2C(=O)COC2=O)C1. The fourth-order valence-electron chi connectivity index (χ4n) is 3.06. The average molecular weight is 399 g/mol. The van der Waals surface area contributed by atoms with Gasteiger partial charge in [0.25, 0.3) is 5.91 Å². The Labute approximate surface area is 155 Å². The molecule has 1 unspecified atom stereocenters. The number of nitrogens with one attached hydrogen (secondary N) is 1. The number of rotatable bonds is 6. The molecular formula is C16H18FN3O6S. The smallest absolute Gasteiger partial charge is 0.417 e. The Morgan fingerprint density at radius 3 is 2.78 bits per heavy atom. The third kappa shape index (κ3) is 4.25. The number of benzene rings is 1. The Balaban J connectivity index is 1.50. The molecule has 9 nitrogen and oxygen atoms in total. The zero-order valence-electron chi connectivity index (χ0n) is 14.3. The summed E-state index contributed by atoms with van der Waals surface area (Å²) in [6.45, 7) is 0.113. The van der Waals surface area contributed by atoms with Crippen molar-refractivity contribution in [2.45, 2.75) is 23.8 Å². The van der Waals surface area contributed by atoms with E-state index in [4.69, 9.17) is 0 Å². The third-order valence-corrected chi connectivity index (χ3v) is 5.86. The summed E-state index contributed by atoms with van der Waals surface area (Å²) >= 11 is 0. The maximum atomic E-state index is 13.2. The van der Waals surface area contributed by atoms with Crippen LogP contribution in [0.2, 0.25) is 0 Å². The number of amides is 3. The van der Waals surface area contributed by atoms with Gasteiger partial charge in [-0.15, -0.1) is 0 Å². The molecule has 0 saturated carbocycles. The molecule has 2 heterocycles. The number of hydrogen-bond acceptors (Lipinski definition) is 6. The minimum atomic E-state index is -3.92. The molecule has 1 atom stereocenters. The van der Waals surface area contributed by atoms with Crippen LogP contribution in [0.5, 0.6) is 0 Å². The highest BCUT2D eigenvalue weighted by Crippen LogP contribution is 2.20. The predicted octanol–water partition coefficient (Wildman–Crippen LogP) is 0.0738. The summed E-state index contributed by atoms with van der Waals surface area (Å²) in [5.74, 6) is -1.41. The Kier molecular flexibility index (Phi) is 5.42. The highest BCUT2D eigenvalue weighted by atomic mass is 32.2. The Morgan fingerprint density at radius 2 is 2.11 bits per heavy atom. The lowest BCUT2D eigenvalue weighted by molar-refractivity contribution is -0.131. The van der Waals surface area contributed by atoms with Crippen LogP contribution >= 0.6 is 0 Å². The molecule has 2 aliphatic rings. The molecule has 1 aromatic carbocycles. The second kappa shape index (κ2) is 7.61. The molecule has 2 fully saturated rings. The van der Waals surface area contributed by atoms with E-state index < -0.39 is 33.9 Å². The molecule has 1 N–H and O–H groups in total. The molecule has 0 aliphatic carbocycles. The van der Waals surface area contributed by atoms with Gasteiger partial charge in [-0.3, -0.25) is 9.59 Å². The molecule has 11 heteroatoms. The van der Waals surface area contributed by atoms with Crippen LogP contribution in [0.25, 0.3) is 0 Å². The molecule has 1 aromatic rings. The summed E-state index contributed by atoms with van der Waals surface area (Å²) in [7, 11) is -3.92. The number of ether oxygens (including phenoxy) is 1. The Bertz CT molecular complexity index is 859. The van der Waals surface area contributed by atoms with Crippen LogP contribution in [-0.2, 0) is 24.3 Å². The van der Waals surface area contributed by atoms with Crippen molar-refractivity contribution in [3.05, 3.63) is 30.1 Å². The maximum Gasteiger partial charge on any atom is 0.417 e. The van der Waals surface area contributed by atoms with Gasteiger partial charge in [0.1, 0.15) is 5.82 Å². The first-order valence-electron chi connectivity index (χ1n) is 8.30. The molecule has 27 heavy (non-hydrogen) atoms. The maximum absolute atomic E-state index is 13.2. The van der Waals surface area contributed by atoms with Crippen LogP contribution in [0.3, 0.4) is 0 Å². The molecule has 0 radical (unpaired) electrons. The largest absolute Gasteiger partial charge is 0.439 e. The van der Waals surface area contributed by atoms with Gasteiger partial charge >= 0.3 is 6.09 Å². The number of likely N-dealkylation sites (tertiary alicyclic amines) is 1. The van der Waals surface area contributed by atoms with Crippen LogP contribution in [0, 0.1) is 5.82 Å². The lowest BCUT2D eigenvalue weighted by Crippen LogP contribution is -2.42. The van der Waals surface area contributed by atoms with E-state index in [1.54, 1.807) is 0 Å². The van der Waals surface area contributed by atoms with E-state index in [0.717, 1.165) is 17.0 Å². The lowest BCUT2D eigenvalue weighted by atomic mass is 10.2. The summed E-state index contributed by atoms with van der Waals surface area (Å²) in [5, 5.41) is 0. The fourth-order valence-corrected chi connectivity index (χ4v) is 4.13. The number of nitrogens with zero attached hydrogens (tertiary/aromatic N) is 2. The van der Waals surface area contributed by atoms with Crippen molar-refractivity contribution in [1.29, 1.82) is 0 Å². The minimum absolute atomic E-state index is 0.0976. The molecule has 146 valence electrons. The third-order valence-electron chi connectivity index (χ3n) is 4.40. The summed E-state index contributed by atoms with van der Waals surface area (Å²) in [6, 6.07) is 4.13. The topological polar surface area (TPSA) is 113 Å². The summed E-state index contributed by atoms with van der Waals surface area (Å²) < 4.78 is 44.3. The predicted molar refractivity (Wildman–Crippen MR) is 89.4 cm³/mol. The van der Waals surface area contributed by atoms with Crippen LogP contribution in [-0.4, -0.2) is 68.4 Å². The van der Waals surface area contributed by atoms with Crippen molar-refractivity contribution < 1.29 is 31.9 Å². The highest BCUT2D eigenvalue weighted by Gasteiger charge is 2.41. The molecule has 2 aliphatic heterocycles. The van der Waals surface area contributed by atoms with Gasteiger partial charge in [0.05, 0.1) is 10.9 Å². The van der Waals surface area contributed by atoms with Gasteiger partial charge in [0.2, 0.25) is 15.9 Å². The zero-order valence-corrected chi connectivity index (χ0v) is 15.1. The van der Waals surface area contributed by atoms with E-state index in [9.17, 15) is 27.2 Å². The van der Waals surface area contributed by atoms with Crippen molar-refractivity contribution >= 4 is 27.9 Å². The van der Waals surface area contributed by atoms with Crippen LogP contribution in [0.1, 0.15) is 12.8 Å². The van der Waals surface area contributed by atoms with Crippen molar-refractivity contribution in [1.82, 2.24) is 14.5 Å². The first kappa shape index (κ1) is 19.2. The first-order valence-corrected chi connectivity index (χ1v) is 9.78. The van der Waals surface area contributed by atoms with E-state index in [0.29, 0.717) is 13.0 Å². The monoisotopic (exact) mass is 399 g/mol. The van der Waals surface area contributed by atoms with Gasteiger partial charge in [-0.1, -0.05) is 6.07 Å². The number of sulfonamides is 1. The molecule has 3 rings (SSSR count).